The van der Waals surface area contributed by atoms with Gasteiger partial charge < -0.3 is 19.3 Å². The lowest BCUT2D eigenvalue weighted by Crippen LogP contribution is -2.45. The average molecular weight is 451 g/mol. The van der Waals surface area contributed by atoms with Crippen LogP contribution in [-0.4, -0.2) is 47.9 Å². The van der Waals surface area contributed by atoms with Gasteiger partial charge in [0, 0.05) is 5.92 Å². The number of carbonyl (C=O) groups excluding carboxylic acids is 3. The highest BCUT2D eigenvalue weighted by molar-refractivity contribution is 5.96. The van der Waals surface area contributed by atoms with Crippen molar-refractivity contribution in [2.24, 2.45) is 41.4 Å². The number of hydrogen-bond donors (Lipinski definition) is 1. The number of carbonyl (C=O) groups is 3. The van der Waals surface area contributed by atoms with Gasteiger partial charge in [-0.3, -0.25) is 14.4 Å². The lowest BCUT2D eigenvalue weighted by molar-refractivity contribution is -0.175. The van der Waals surface area contributed by atoms with E-state index in [4.69, 9.17) is 19.3 Å². The Morgan fingerprint density at radius 3 is 2.53 bits per heavy atom. The lowest BCUT2D eigenvalue weighted by Gasteiger charge is -2.42. The molecule has 0 aromatic carbocycles. The fourth-order valence-corrected chi connectivity index (χ4v) is 7.37. The number of hydrogen-bond acceptors (Lipinski definition) is 7. The summed E-state index contributed by atoms with van der Waals surface area (Å²) in [5.41, 5.74) is -0.362. The Balaban J connectivity index is 1.38. The van der Waals surface area contributed by atoms with E-state index in [2.05, 4.69) is 6.92 Å². The van der Waals surface area contributed by atoms with E-state index >= 15 is 0 Å². The summed E-state index contributed by atoms with van der Waals surface area (Å²) >= 11 is 0. The standard InChI is InChI=1S/C25H38O7/c1-4-25(13-16-12-21(25)18-7-5-6-17(16)18)32-22(27)14(2)10-19-20(24(29)31-23(19)28)11-15(3)30-9-8-26/h14-21,26H,4-13H2,1-3H3. The molecule has 0 aromatic heterocycles. The minimum atomic E-state index is -0.665. The van der Waals surface area contributed by atoms with Crippen molar-refractivity contribution in [3.05, 3.63) is 0 Å². The van der Waals surface area contributed by atoms with Crippen LogP contribution in [0.4, 0.5) is 0 Å². The van der Waals surface area contributed by atoms with Crippen LogP contribution in [0.15, 0.2) is 0 Å². The summed E-state index contributed by atoms with van der Waals surface area (Å²) in [5, 5.41) is 8.93. The van der Waals surface area contributed by atoms with Crippen molar-refractivity contribution in [3.8, 4) is 0 Å². The molecule has 0 aromatic rings. The third kappa shape index (κ3) is 4.23. The normalized spacial score (nSPS) is 39.8. The summed E-state index contributed by atoms with van der Waals surface area (Å²) in [4.78, 5) is 37.8. The number of ether oxygens (including phenoxy) is 3. The predicted molar refractivity (Wildman–Crippen MR) is 115 cm³/mol. The third-order valence-corrected chi connectivity index (χ3v) is 8.87. The van der Waals surface area contributed by atoms with Gasteiger partial charge in [-0.05, 0) is 69.6 Å². The van der Waals surface area contributed by atoms with Crippen LogP contribution in [0.3, 0.4) is 0 Å². The van der Waals surface area contributed by atoms with Crippen LogP contribution in [0.25, 0.3) is 0 Å². The van der Waals surface area contributed by atoms with Crippen LogP contribution in [0.2, 0.25) is 0 Å². The first-order valence-electron chi connectivity index (χ1n) is 12.5. The van der Waals surface area contributed by atoms with Crippen LogP contribution < -0.4 is 0 Å². The Labute approximate surface area is 190 Å². The largest absolute Gasteiger partial charge is 0.459 e. The fourth-order valence-electron chi connectivity index (χ4n) is 7.37. The van der Waals surface area contributed by atoms with Gasteiger partial charge in [-0.25, -0.2) is 0 Å². The Hall–Kier alpha value is -1.47. The number of fused-ring (bicyclic) bond motifs is 5. The summed E-state index contributed by atoms with van der Waals surface area (Å²) in [7, 11) is 0. The molecule has 3 saturated carbocycles. The maximum Gasteiger partial charge on any atom is 0.317 e. The summed E-state index contributed by atoms with van der Waals surface area (Å²) in [6.07, 6.45) is 7.14. The smallest absolute Gasteiger partial charge is 0.317 e. The molecule has 180 valence electrons. The first-order chi connectivity index (χ1) is 15.3. The molecule has 0 radical (unpaired) electrons. The van der Waals surface area contributed by atoms with E-state index < -0.39 is 29.7 Å². The van der Waals surface area contributed by atoms with Crippen molar-refractivity contribution in [2.45, 2.75) is 83.8 Å². The lowest BCUT2D eigenvalue weighted by atomic mass is 9.71. The van der Waals surface area contributed by atoms with E-state index in [-0.39, 0.29) is 37.3 Å². The molecular weight excluding hydrogens is 412 g/mol. The Bertz CT molecular complexity index is 736. The maximum absolute atomic E-state index is 13.2. The molecule has 2 bridgehead atoms. The SMILES string of the molecule is CCC1(OC(=O)C(C)CC2C(=O)OC(=O)C2CC(C)OCCO)CC2CC1C1CCCC21. The van der Waals surface area contributed by atoms with Crippen LogP contribution in [0.1, 0.15) is 72.1 Å². The molecule has 4 aliphatic rings. The molecule has 0 amide bonds. The van der Waals surface area contributed by atoms with Crippen LogP contribution in [0, 0.1) is 41.4 Å². The van der Waals surface area contributed by atoms with E-state index in [0.717, 1.165) is 18.8 Å². The highest BCUT2D eigenvalue weighted by Crippen LogP contribution is 2.64. The maximum atomic E-state index is 13.2. The van der Waals surface area contributed by atoms with Crippen molar-refractivity contribution in [2.75, 3.05) is 13.2 Å². The number of cyclic esters (lactones) is 2. The third-order valence-electron chi connectivity index (χ3n) is 8.87. The van der Waals surface area contributed by atoms with E-state index in [1.807, 2.05) is 0 Å². The molecule has 7 nitrogen and oxygen atoms in total. The molecule has 7 heteroatoms. The van der Waals surface area contributed by atoms with Crippen molar-refractivity contribution in [3.63, 3.8) is 0 Å². The van der Waals surface area contributed by atoms with E-state index in [0.29, 0.717) is 24.2 Å². The zero-order chi connectivity index (χ0) is 23.0. The molecule has 1 heterocycles. The quantitative estimate of drug-likeness (QED) is 0.403. The van der Waals surface area contributed by atoms with E-state index in [1.165, 1.54) is 25.7 Å². The molecule has 1 saturated heterocycles. The molecule has 4 rings (SSSR count). The highest BCUT2D eigenvalue weighted by Gasteiger charge is 2.62. The number of aliphatic hydroxyl groups excluding tert-OH is 1. The van der Waals surface area contributed by atoms with Gasteiger partial charge in [0.05, 0.1) is 37.1 Å². The average Bonchev–Trinajstić information content (AvgIpc) is 3.50. The number of rotatable bonds is 10. The van der Waals surface area contributed by atoms with Crippen molar-refractivity contribution in [1.29, 1.82) is 0 Å². The van der Waals surface area contributed by atoms with Gasteiger partial charge in [0.15, 0.2) is 0 Å². The van der Waals surface area contributed by atoms with Gasteiger partial charge in [-0.15, -0.1) is 0 Å². The van der Waals surface area contributed by atoms with Crippen molar-refractivity contribution in [1.82, 2.24) is 0 Å². The second-order valence-corrected chi connectivity index (χ2v) is 10.6. The minimum Gasteiger partial charge on any atom is -0.459 e. The van der Waals surface area contributed by atoms with Crippen LogP contribution in [-0.2, 0) is 28.6 Å². The molecule has 9 unspecified atom stereocenters. The fraction of sp³-hybridized carbons (Fsp3) is 0.880. The zero-order valence-corrected chi connectivity index (χ0v) is 19.6. The summed E-state index contributed by atoms with van der Waals surface area (Å²) in [6, 6.07) is 0. The zero-order valence-electron chi connectivity index (χ0n) is 19.6. The highest BCUT2D eigenvalue weighted by atomic mass is 16.6. The second kappa shape index (κ2) is 9.41. The van der Waals surface area contributed by atoms with E-state index in [1.54, 1.807) is 13.8 Å². The first kappa shape index (κ1) is 23.7. The molecular formula is C25H38O7. The molecule has 4 fully saturated rings. The van der Waals surface area contributed by atoms with E-state index in [9.17, 15) is 14.4 Å². The van der Waals surface area contributed by atoms with Crippen LogP contribution >= 0.6 is 0 Å². The summed E-state index contributed by atoms with van der Waals surface area (Å²) < 4.78 is 16.6. The van der Waals surface area contributed by atoms with Gasteiger partial charge >= 0.3 is 17.9 Å². The predicted octanol–water partition coefficient (Wildman–Crippen LogP) is 3.26. The molecule has 0 spiro atoms. The number of esters is 3. The van der Waals surface area contributed by atoms with Gasteiger partial charge in [-0.1, -0.05) is 20.3 Å². The Morgan fingerprint density at radius 1 is 1.16 bits per heavy atom. The van der Waals surface area contributed by atoms with Crippen molar-refractivity contribution < 1.29 is 33.7 Å². The topological polar surface area (TPSA) is 99.1 Å². The molecule has 1 aliphatic heterocycles. The van der Waals surface area contributed by atoms with Gasteiger partial charge in [0.1, 0.15) is 5.60 Å². The Kier molecular flexibility index (Phi) is 6.97. The summed E-state index contributed by atoms with van der Waals surface area (Å²) in [5.74, 6) is -0.483. The Morgan fingerprint density at radius 2 is 1.84 bits per heavy atom. The first-order valence-corrected chi connectivity index (χ1v) is 12.5. The molecule has 32 heavy (non-hydrogen) atoms. The van der Waals surface area contributed by atoms with Gasteiger partial charge in [0.25, 0.3) is 0 Å². The monoisotopic (exact) mass is 450 g/mol. The molecule has 9 atom stereocenters. The van der Waals surface area contributed by atoms with Gasteiger partial charge in [-0.2, -0.15) is 0 Å². The number of aliphatic hydroxyl groups is 1. The minimum absolute atomic E-state index is 0.104. The molecule has 1 N–H and O–H groups in total. The summed E-state index contributed by atoms with van der Waals surface area (Å²) in [6.45, 7) is 5.78. The van der Waals surface area contributed by atoms with Crippen LogP contribution in [0.5, 0.6) is 0 Å². The van der Waals surface area contributed by atoms with Gasteiger partial charge in [0.2, 0.25) is 0 Å². The molecule has 3 aliphatic carbocycles. The van der Waals surface area contributed by atoms with Crippen molar-refractivity contribution >= 4 is 17.9 Å². The second-order valence-electron chi connectivity index (χ2n) is 10.6.